The Balaban J connectivity index is 1.74. The molecule has 1 aliphatic heterocycles. The lowest BCUT2D eigenvalue weighted by atomic mass is 10.1. The normalized spacial score (nSPS) is 17.2. The molecule has 2 amide bonds. The number of hydrogen-bond donors (Lipinski definition) is 2. The number of amides is 2. The summed E-state index contributed by atoms with van der Waals surface area (Å²) in [6, 6.07) is 7.27. The molecule has 4 rings (SSSR count). The molecule has 1 aliphatic rings. The van der Waals surface area contributed by atoms with Gasteiger partial charge in [-0.1, -0.05) is 18.2 Å². The SMILES string of the molecule is COCc1nn2c(C(=O)NC3CS(=O)(=O)c4ccccc43)ccnc2c1C(N)=O. The van der Waals surface area contributed by atoms with Gasteiger partial charge in [0.05, 0.1) is 23.3 Å². The van der Waals surface area contributed by atoms with Gasteiger partial charge in [-0.05, 0) is 17.7 Å². The Kier molecular flexibility index (Phi) is 4.55. The molecule has 2 aromatic heterocycles. The molecule has 150 valence electrons. The maximum atomic E-state index is 12.9. The van der Waals surface area contributed by atoms with Crippen molar-refractivity contribution in [3.8, 4) is 0 Å². The van der Waals surface area contributed by atoms with Crippen LogP contribution < -0.4 is 11.1 Å². The average Bonchev–Trinajstić information content (AvgIpc) is 3.17. The number of nitrogens with zero attached hydrogens (tertiary/aromatic N) is 3. The number of rotatable bonds is 5. The quantitative estimate of drug-likeness (QED) is 0.607. The number of sulfone groups is 1. The summed E-state index contributed by atoms with van der Waals surface area (Å²) in [6.07, 6.45) is 1.36. The Morgan fingerprint density at radius 1 is 1.31 bits per heavy atom. The van der Waals surface area contributed by atoms with Crippen molar-refractivity contribution in [1.29, 1.82) is 0 Å². The average molecular weight is 415 g/mol. The second-order valence-corrected chi connectivity index (χ2v) is 8.53. The van der Waals surface area contributed by atoms with E-state index in [2.05, 4.69) is 15.4 Å². The first-order valence-corrected chi connectivity index (χ1v) is 10.3. The van der Waals surface area contributed by atoms with E-state index in [0.717, 1.165) is 0 Å². The molecule has 10 nitrogen and oxygen atoms in total. The van der Waals surface area contributed by atoms with E-state index in [4.69, 9.17) is 10.5 Å². The van der Waals surface area contributed by atoms with Gasteiger partial charge in [0, 0.05) is 13.3 Å². The predicted molar refractivity (Wildman–Crippen MR) is 101 cm³/mol. The molecule has 11 heteroatoms. The van der Waals surface area contributed by atoms with Gasteiger partial charge in [0.1, 0.15) is 17.0 Å². The summed E-state index contributed by atoms with van der Waals surface area (Å²) in [7, 11) is -2.04. The predicted octanol–water partition coefficient (Wildman–Crippen LogP) is 0.233. The number of ether oxygens (including phenoxy) is 1. The van der Waals surface area contributed by atoms with Crippen LogP contribution in [0.4, 0.5) is 0 Å². The summed E-state index contributed by atoms with van der Waals surface area (Å²) in [6.45, 7) is 0.0108. The highest BCUT2D eigenvalue weighted by Gasteiger charge is 2.35. The van der Waals surface area contributed by atoms with E-state index in [1.54, 1.807) is 18.2 Å². The largest absolute Gasteiger partial charge is 0.378 e. The number of nitrogens with two attached hydrogens (primary N) is 1. The van der Waals surface area contributed by atoms with Crippen LogP contribution in [0.15, 0.2) is 41.4 Å². The minimum atomic E-state index is -3.47. The third kappa shape index (κ3) is 3.13. The lowest BCUT2D eigenvalue weighted by molar-refractivity contribution is 0.0931. The van der Waals surface area contributed by atoms with Gasteiger partial charge in [-0.15, -0.1) is 0 Å². The lowest BCUT2D eigenvalue weighted by Gasteiger charge is -2.13. The fourth-order valence-electron chi connectivity index (χ4n) is 3.45. The first-order chi connectivity index (χ1) is 13.8. The highest BCUT2D eigenvalue weighted by Crippen LogP contribution is 2.33. The first-order valence-electron chi connectivity index (χ1n) is 8.61. The summed E-state index contributed by atoms with van der Waals surface area (Å²) in [4.78, 5) is 29.1. The Hall–Kier alpha value is -3.31. The molecule has 0 aliphatic carbocycles. The Bertz CT molecular complexity index is 1250. The molecule has 3 heterocycles. The van der Waals surface area contributed by atoms with Crippen molar-refractivity contribution in [3.05, 3.63) is 59.0 Å². The fourth-order valence-corrected chi connectivity index (χ4v) is 5.19. The van der Waals surface area contributed by atoms with Gasteiger partial charge in [-0.3, -0.25) is 9.59 Å². The van der Waals surface area contributed by atoms with Crippen LogP contribution in [0, 0.1) is 0 Å². The van der Waals surface area contributed by atoms with E-state index in [-0.39, 0.29) is 39.9 Å². The molecule has 0 bridgehead atoms. The lowest BCUT2D eigenvalue weighted by Crippen LogP contribution is -2.31. The minimum Gasteiger partial charge on any atom is -0.378 e. The third-order valence-corrected chi connectivity index (χ3v) is 6.49. The maximum Gasteiger partial charge on any atom is 0.270 e. The van der Waals surface area contributed by atoms with E-state index < -0.39 is 27.7 Å². The fraction of sp³-hybridized carbons (Fsp3) is 0.222. The third-order valence-electron chi connectivity index (χ3n) is 4.67. The standard InChI is InChI=1S/C18H17N5O5S/c1-28-8-11-15(16(19)24)17-20-7-6-13(23(17)22-11)18(25)21-12-9-29(26,27)14-5-3-2-4-10(12)14/h2-7,12H,8-9H2,1H3,(H2,19,24)(H,21,25). The molecule has 0 radical (unpaired) electrons. The number of aromatic nitrogens is 3. The smallest absolute Gasteiger partial charge is 0.270 e. The van der Waals surface area contributed by atoms with Gasteiger partial charge in [0.2, 0.25) is 0 Å². The number of carbonyl (C=O) groups excluding carboxylic acids is 2. The molecule has 0 saturated heterocycles. The molecular formula is C18H17N5O5S. The molecular weight excluding hydrogens is 398 g/mol. The van der Waals surface area contributed by atoms with Crippen molar-refractivity contribution in [2.45, 2.75) is 17.5 Å². The molecule has 0 fully saturated rings. The molecule has 0 spiro atoms. The first kappa shape index (κ1) is 19.0. The second kappa shape index (κ2) is 6.94. The van der Waals surface area contributed by atoms with Crippen molar-refractivity contribution in [2.24, 2.45) is 5.73 Å². The Morgan fingerprint density at radius 3 is 2.79 bits per heavy atom. The summed E-state index contributed by atoms with van der Waals surface area (Å²) < 4.78 is 30.9. The van der Waals surface area contributed by atoms with E-state index >= 15 is 0 Å². The van der Waals surface area contributed by atoms with Crippen molar-refractivity contribution < 1.29 is 22.7 Å². The monoisotopic (exact) mass is 415 g/mol. The van der Waals surface area contributed by atoms with Gasteiger partial charge in [-0.25, -0.2) is 17.9 Å². The van der Waals surface area contributed by atoms with Crippen LogP contribution in [-0.4, -0.2) is 47.7 Å². The van der Waals surface area contributed by atoms with Crippen LogP contribution in [-0.2, 0) is 21.2 Å². The van der Waals surface area contributed by atoms with Crippen molar-refractivity contribution >= 4 is 27.3 Å². The van der Waals surface area contributed by atoms with E-state index in [1.165, 1.54) is 30.0 Å². The molecule has 1 unspecified atom stereocenters. The molecule has 0 saturated carbocycles. The van der Waals surface area contributed by atoms with E-state index in [0.29, 0.717) is 5.56 Å². The van der Waals surface area contributed by atoms with Crippen molar-refractivity contribution in [3.63, 3.8) is 0 Å². The number of nitrogens with one attached hydrogen (secondary N) is 1. The zero-order chi connectivity index (χ0) is 20.8. The number of methoxy groups -OCH3 is 1. The number of fused-ring (bicyclic) bond motifs is 2. The number of benzene rings is 1. The highest BCUT2D eigenvalue weighted by atomic mass is 32.2. The van der Waals surface area contributed by atoms with Gasteiger partial charge in [0.15, 0.2) is 15.5 Å². The topological polar surface area (TPSA) is 146 Å². The molecule has 29 heavy (non-hydrogen) atoms. The summed E-state index contributed by atoms with van der Waals surface area (Å²) in [5.74, 6) is -1.53. The van der Waals surface area contributed by atoms with Crippen LogP contribution in [0.2, 0.25) is 0 Å². The zero-order valence-electron chi connectivity index (χ0n) is 15.3. The van der Waals surface area contributed by atoms with Gasteiger partial charge in [-0.2, -0.15) is 5.10 Å². The van der Waals surface area contributed by atoms with Crippen LogP contribution in [0.1, 0.15) is 38.1 Å². The zero-order valence-corrected chi connectivity index (χ0v) is 16.1. The van der Waals surface area contributed by atoms with Crippen LogP contribution in [0.3, 0.4) is 0 Å². The van der Waals surface area contributed by atoms with E-state index in [9.17, 15) is 18.0 Å². The summed E-state index contributed by atoms with van der Waals surface area (Å²) >= 11 is 0. The summed E-state index contributed by atoms with van der Waals surface area (Å²) in [5, 5.41) is 6.98. The van der Waals surface area contributed by atoms with Crippen LogP contribution in [0.25, 0.3) is 5.65 Å². The van der Waals surface area contributed by atoms with Crippen molar-refractivity contribution in [1.82, 2.24) is 19.9 Å². The number of hydrogen-bond acceptors (Lipinski definition) is 7. The number of primary amides is 1. The van der Waals surface area contributed by atoms with Gasteiger partial charge in [0.25, 0.3) is 11.8 Å². The molecule has 3 aromatic rings. The van der Waals surface area contributed by atoms with Gasteiger partial charge >= 0.3 is 0 Å². The van der Waals surface area contributed by atoms with E-state index in [1.807, 2.05) is 0 Å². The summed E-state index contributed by atoms with van der Waals surface area (Å²) in [5.41, 5.74) is 6.50. The number of carbonyl (C=O) groups is 2. The van der Waals surface area contributed by atoms with Crippen molar-refractivity contribution in [2.75, 3.05) is 12.9 Å². The molecule has 1 aromatic carbocycles. The van der Waals surface area contributed by atoms with Crippen LogP contribution in [0.5, 0.6) is 0 Å². The highest BCUT2D eigenvalue weighted by molar-refractivity contribution is 7.91. The Morgan fingerprint density at radius 2 is 2.07 bits per heavy atom. The second-order valence-electron chi connectivity index (χ2n) is 6.53. The van der Waals surface area contributed by atoms with Gasteiger partial charge < -0.3 is 15.8 Å². The maximum absolute atomic E-state index is 12.9. The molecule has 3 N–H and O–H groups in total. The molecule has 1 atom stereocenters. The minimum absolute atomic E-state index is 0.0108. The Labute approximate surface area is 165 Å². The van der Waals surface area contributed by atoms with Crippen LogP contribution >= 0.6 is 0 Å².